The highest BCUT2D eigenvalue weighted by molar-refractivity contribution is 7.89. The van der Waals surface area contributed by atoms with Crippen molar-refractivity contribution >= 4 is 32.6 Å². The Morgan fingerprint density at radius 3 is 2.74 bits per heavy atom. The minimum absolute atomic E-state index is 0.0364. The lowest BCUT2D eigenvalue weighted by Crippen LogP contribution is -2.59. The van der Waals surface area contributed by atoms with Crippen molar-refractivity contribution in [3.8, 4) is 10.8 Å². The molecule has 0 amide bonds. The summed E-state index contributed by atoms with van der Waals surface area (Å²) in [6.45, 7) is 4.69. The number of aliphatic hydroxyl groups is 1. The molecule has 0 spiro atoms. The minimum Gasteiger partial charge on any atom is -0.394 e. The number of hydrogen-bond donors (Lipinski definition) is 2. The number of imidazole rings is 1. The highest BCUT2D eigenvalue weighted by Crippen LogP contribution is 2.34. The zero-order valence-electron chi connectivity index (χ0n) is 18.9. The molecule has 2 N–H and O–H groups in total. The van der Waals surface area contributed by atoms with E-state index in [2.05, 4.69) is 19.9 Å². The molecule has 11 nitrogen and oxygen atoms in total. The summed E-state index contributed by atoms with van der Waals surface area (Å²) in [5.41, 5.74) is 0.373. The number of fused-ring (bicyclic) bond motifs is 1. The Bertz CT molecular complexity index is 1340. The first-order valence-electron chi connectivity index (χ1n) is 10.8. The number of aliphatic hydroxyl groups excluding tert-OH is 1. The van der Waals surface area contributed by atoms with Crippen LogP contribution >= 0.6 is 11.3 Å². The van der Waals surface area contributed by atoms with Gasteiger partial charge in [0.15, 0.2) is 15.8 Å². The average molecular weight is 531 g/mol. The van der Waals surface area contributed by atoms with Gasteiger partial charge in [0.05, 0.1) is 55.0 Å². The van der Waals surface area contributed by atoms with Gasteiger partial charge in [0.2, 0.25) is 10.0 Å². The van der Waals surface area contributed by atoms with Crippen LogP contribution in [0.3, 0.4) is 0 Å². The van der Waals surface area contributed by atoms with E-state index >= 15 is 0 Å². The van der Waals surface area contributed by atoms with E-state index in [4.69, 9.17) is 9.47 Å². The summed E-state index contributed by atoms with van der Waals surface area (Å²) in [4.78, 5) is 6.25. The predicted octanol–water partition coefficient (Wildman–Crippen LogP) is 1.44. The minimum atomic E-state index is -3.99. The molecule has 35 heavy (non-hydrogen) atoms. The van der Waals surface area contributed by atoms with Crippen molar-refractivity contribution in [1.29, 1.82) is 0 Å². The van der Waals surface area contributed by atoms with Crippen LogP contribution in [0.15, 0.2) is 23.4 Å². The number of anilines is 1. The maximum Gasteiger partial charge on any atom is 0.291 e. The predicted molar refractivity (Wildman–Crippen MR) is 122 cm³/mol. The summed E-state index contributed by atoms with van der Waals surface area (Å²) in [6, 6.07) is 1.54. The second-order valence-corrected chi connectivity index (χ2v) is 11.7. The third-order valence-corrected chi connectivity index (χ3v) is 8.35. The maximum atomic E-state index is 13.4. The van der Waals surface area contributed by atoms with E-state index in [1.807, 2.05) is 11.8 Å². The lowest BCUT2D eigenvalue weighted by molar-refractivity contribution is -0.0523. The van der Waals surface area contributed by atoms with Crippen LogP contribution < -0.4 is 9.62 Å². The number of sulfonamides is 1. The van der Waals surface area contributed by atoms with Gasteiger partial charge < -0.3 is 19.5 Å². The van der Waals surface area contributed by atoms with Crippen molar-refractivity contribution < 1.29 is 31.8 Å². The number of alkyl halides is 2. The normalized spacial score (nSPS) is 22.6. The summed E-state index contributed by atoms with van der Waals surface area (Å²) in [7, 11) is -3.99. The largest absolute Gasteiger partial charge is 0.394 e. The van der Waals surface area contributed by atoms with E-state index in [0.717, 1.165) is 0 Å². The van der Waals surface area contributed by atoms with Crippen molar-refractivity contribution in [2.45, 2.75) is 42.9 Å². The van der Waals surface area contributed by atoms with Crippen LogP contribution in [-0.2, 0) is 19.5 Å². The Hall–Kier alpha value is -2.30. The zero-order valence-corrected chi connectivity index (χ0v) is 20.5. The van der Waals surface area contributed by atoms with Crippen molar-refractivity contribution in [2.24, 2.45) is 0 Å². The molecule has 2 fully saturated rings. The molecule has 3 aromatic rings. The van der Waals surface area contributed by atoms with Gasteiger partial charge in [-0.2, -0.15) is 0 Å². The zero-order chi connectivity index (χ0) is 25.0. The first-order chi connectivity index (χ1) is 16.6. The first-order valence-corrected chi connectivity index (χ1v) is 13.1. The highest BCUT2D eigenvalue weighted by Gasteiger charge is 2.38. The van der Waals surface area contributed by atoms with Gasteiger partial charge in [-0.25, -0.2) is 26.9 Å². The van der Waals surface area contributed by atoms with Crippen LogP contribution in [0.25, 0.3) is 16.3 Å². The molecule has 2 aliphatic heterocycles. The summed E-state index contributed by atoms with van der Waals surface area (Å²) in [6.07, 6.45) is -0.526. The number of rotatable bonds is 7. The Morgan fingerprint density at radius 1 is 1.34 bits per heavy atom. The van der Waals surface area contributed by atoms with Crippen LogP contribution in [0.5, 0.6) is 0 Å². The van der Waals surface area contributed by atoms with Gasteiger partial charge in [-0.3, -0.25) is 4.40 Å². The number of pyridine rings is 1. The number of ether oxygens (including phenoxy) is 2. The van der Waals surface area contributed by atoms with E-state index in [0.29, 0.717) is 35.6 Å². The van der Waals surface area contributed by atoms with E-state index in [-0.39, 0.29) is 41.7 Å². The number of aromatic nitrogens is 4. The van der Waals surface area contributed by atoms with Crippen LogP contribution in [0.1, 0.15) is 25.3 Å². The van der Waals surface area contributed by atoms with Gasteiger partial charge in [0.1, 0.15) is 4.90 Å². The molecule has 2 aliphatic rings. The molecule has 0 bridgehead atoms. The fraction of sp³-hybridized carbons (Fsp3) is 0.550. The summed E-state index contributed by atoms with van der Waals surface area (Å²) < 4.78 is 68.1. The standard InChI is InChI=1S/C20H24F2N6O5S2/c1-11-5-27(6-12(8-29)33-11)14-3-13(35(30,31)26-20(2)9-32-10-20)7-28-15(14)4-23-17(28)19-25-24-18(34-19)16(21)22/h3-4,7,11-12,16,26,29H,5-6,8-10H2,1-2H3/t11-,12+/m0/s1. The quantitative estimate of drug-likeness (QED) is 0.466. The molecular formula is C20H24F2N6O5S2. The highest BCUT2D eigenvalue weighted by atomic mass is 32.2. The fourth-order valence-corrected chi connectivity index (χ4v) is 6.31. The Balaban J connectivity index is 1.65. The van der Waals surface area contributed by atoms with Crippen LogP contribution in [-0.4, -0.2) is 83.8 Å². The van der Waals surface area contributed by atoms with E-state index in [1.54, 1.807) is 13.0 Å². The molecule has 190 valence electrons. The van der Waals surface area contributed by atoms with Crippen molar-refractivity contribution in [3.63, 3.8) is 0 Å². The SMILES string of the molecule is C[C@H]1CN(c2cc(S(=O)(=O)NC3(C)COC3)cn3c(-c4nnc(C(F)F)s4)ncc23)C[C@H](CO)O1. The van der Waals surface area contributed by atoms with Gasteiger partial charge in [-0.15, -0.1) is 10.2 Å². The van der Waals surface area contributed by atoms with Gasteiger partial charge in [0, 0.05) is 19.3 Å². The van der Waals surface area contributed by atoms with Crippen LogP contribution in [0, 0.1) is 0 Å². The molecule has 5 rings (SSSR count). The molecule has 15 heteroatoms. The Labute approximate surface area is 203 Å². The number of hydrogen-bond acceptors (Lipinski definition) is 10. The Morgan fingerprint density at radius 2 is 2.11 bits per heavy atom. The molecule has 0 saturated carbocycles. The molecular weight excluding hydrogens is 506 g/mol. The first kappa shape index (κ1) is 24.4. The summed E-state index contributed by atoms with van der Waals surface area (Å²) in [5.74, 6) is 0.195. The van der Waals surface area contributed by atoms with Gasteiger partial charge in [-0.05, 0) is 19.9 Å². The topological polar surface area (TPSA) is 131 Å². The van der Waals surface area contributed by atoms with Gasteiger partial charge in [0.25, 0.3) is 6.43 Å². The summed E-state index contributed by atoms with van der Waals surface area (Å²) in [5, 5.41) is 16.7. The monoisotopic (exact) mass is 530 g/mol. The van der Waals surface area contributed by atoms with Crippen molar-refractivity contribution in [2.75, 3.05) is 37.8 Å². The molecule has 5 heterocycles. The fourth-order valence-electron chi connectivity index (χ4n) is 4.22. The number of nitrogens with one attached hydrogen (secondary N) is 1. The molecule has 0 aliphatic carbocycles. The molecule has 2 saturated heterocycles. The number of nitrogens with zero attached hydrogens (tertiary/aromatic N) is 5. The van der Waals surface area contributed by atoms with E-state index < -0.39 is 33.1 Å². The van der Waals surface area contributed by atoms with Gasteiger partial charge >= 0.3 is 0 Å². The van der Waals surface area contributed by atoms with Gasteiger partial charge in [-0.1, -0.05) is 11.3 Å². The molecule has 0 radical (unpaired) electrons. The third-order valence-electron chi connectivity index (χ3n) is 5.82. The molecule has 0 unspecified atom stereocenters. The van der Waals surface area contributed by atoms with E-state index in [1.165, 1.54) is 16.8 Å². The third kappa shape index (κ3) is 4.63. The number of halogens is 2. The van der Waals surface area contributed by atoms with Crippen molar-refractivity contribution in [3.05, 3.63) is 23.5 Å². The molecule has 2 atom stereocenters. The molecule has 3 aromatic heterocycles. The lowest BCUT2D eigenvalue weighted by atomic mass is 10.0. The lowest BCUT2D eigenvalue weighted by Gasteiger charge is -2.39. The second kappa shape index (κ2) is 8.97. The maximum absolute atomic E-state index is 13.4. The Kier molecular flexibility index (Phi) is 6.26. The van der Waals surface area contributed by atoms with E-state index in [9.17, 15) is 22.3 Å². The van der Waals surface area contributed by atoms with Crippen LogP contribution in [0.2, 0.25) is 0 Å². The molecule has 0 aromatic carbocycles. The van der Waals surface area contributed by atoms with Crippen LogP contribution in [0.4, 0.5) is 14.5 Å². The summed E-state index contributed by atoms with van der Waals surface area (Å²) >= 11 is 0.692. The smallest absolute Gasteiger partial charge is 0.291 e. The van der Waals surface area contributed by atoms with Crippen molar-refractivity contribution in [1.82, 2.24) is 24.3 Å². The average Bonchev–Trinajstić information content (AvgIpc) is 3.43. The second-order valence-electron chi connectivity index (χ2n) is 8.96. The number of morpholine rings is 1.